The van der Waals surface area contributed by atoms with E-state index in [1.54, 1.807) is 0 Å². The predicted octanol–water partition coefficient (Wildman–Crippen LogP) is 12.4. The first-order valence-electron chi connectivity index (χ1n) is 18.2. The number of nitrogens with one attached hydrogen (secondary N) is 1. The van der Waals surface area contributed by atoms with Gasteiger partial charge in [0.15, 0.2) is 0 Å². The van der Waals surface area contributed by atoms with Crippen molar-refractivity contribution in [1.82, 2.24) is 24.1 Å². The largest absolute Gasteiger partial charge is 0.455 e. The number of furan rings is 1. The first-order valence-corrected chi connectivity index (χ1v) is 18.2. The highest BCUT2D eigenvalue weighted by Crippen LogP contribution is 2.43. The number of hydrogen-bond acceptors (Lipinski definition) is 3. The number of H-pyrrole nitrogens is 1. The third-order valence-electron chi connectivity index (χ3n) is 10.9. The fourth-order valence-corrected chi connectivity index (χ4v) is 8.59. The van der Waals surface area contributed by atoms with Crippen molar-refractivity contribution in [2.24, 2.45) is 0 Å². The van der Waals surface area contributed by atoms with Gasteiger partial charge in [-0.2, -0.15) is 0 Å². The van der Waals surface area contributed by atoms with E-state index in [-0.39, 0.29) is 0 Å². The van der Waals surface area contributed by atoms with Gasteiger partial charge in [0.05, 0.1) is 33.0 Å². The topological polar surface area (TPSA) is 64.6 Å². The van der Waals surface area contributed by atoms with E-state index in [2.05, 4.69) is 154 Å². The summed E-state index contributed by atoms with van der Waals surface area (Å²) in [5.74, 6) is 1.74. The highest BCUT2D eigenvalue weighted by Gasteiger charge is 2.23. The van der Waals surface area contributed by atoms with E-state index in [0.29, 0.717) is 0 Å². The van der Waals surface area contributed by atoms with Crippen molar-refractivity contribution in [3.8, 4) is 34.0 Å². The van der Waals surface area contributed by atoms with E-state index in [9.17, 15) is 0 Å². The molecule has 12 aromatic rings. The normalized spacial score (nSPS) is 12.1. The lowest BCUT2D eigenvalue weighted by Crippen LogP contribution is -1.97. The maximum absolute atomic E-state index is 6.60. The summed E-state index contributed by atoms with van der Waals surface area (Å²) in [5.41, 5.74) is 12.3. The van der Waals surface area contributed by atoms with Crippen LogP contribution in [0.25, 0.3) is 111 Å². The number of nitrogens with zero attached hydrogens (tertiary/aromatic N) is 4. The van der Waals surface area contributed by atoms with Gasteiger partial charge in [0, 0.05) is 55.5 Å². The zero-order valence-electron chi connectivity index (χ0n) is 28.9. The van der Waals surface area contributed by atoms with Gasteiger partial charge in [-0.05, 0) is 72.3 Å². The van der Waals surface area contributed by atoms with Gasteiger partial charge < -0.3 is 9.40 Å². The van der Waals surface area contributed by atoms with Gasteiger partial charge in [0.2, 0.25) is 0 Å². The SMILES string of the molecule is c1ccc(-n2c(-c3cccc4c3[nH]c3ccccc34)nc3c(-c4ccc5c6c7oc8ccccc8c7ccc6n(-c6ccccn6)c5c4)cccc32)cc1. The Morgan fingerprint density at radius 2 is 1.30 bits per heavy atom. The second-order valence-electron chi connectivity index (χ2n) is 13.9. The number of aromatic amines is 1. The van der Waals surface area contributed by atoms with Gasteiger partial charge in [-0.1, -0.05) is 97.1 Å². The van der Waals surface area contributed by atoms with E-state index in [1.807, 2.05) is 30.5 Å². The molecule has 12 rings (SSSR count). The van der Waals surface area contributed by atoms with E-state index in [0.717, 1.165) is 99.8 Å². The Hall–Kier alpha value is -7.44. The summed E-state index contributed by atoms with van der Waals surface area (Å²) in [6.45, 7) is 0. The maximum atomic E-state index is 6.60. The van der Waals surface area contributed by atoms with Crippen LogP contribution in [0.3, 0.4) is 0 Å². The Morgan fingerprint density at radius 3 is 2.20 bits per heavy atom. The van der Waals surface area contributed by atoms with Gasteiger partial charge in [0.1, 0.15) is 22.8 Å². The van der Waals surface area contributed by atoms with Crippen LogP contribution in [0.2, 0.25) is 0 Å². The van der Waals surface area contributed by atoms with Crippen LogP contribution in [-0.2, 0) is 0 Å². The molecule has 6 heteroatoms. The maximum Gasteiger partial charge on any atom is 0.147 e. The summed E-state index contributed by atoms with van der Waals surface area (Å²) in [5, 5.41) is 6.80. The minimum absolute atomic E-state index is 0.852. The van der Waals surface area contributed by atoms with Crippen LogP contribution in [0.4, 0.5) is 0 Å². The Labute approximate surface area is 308 Å². The number of aromatic nitrogens is 5. The molecule has 7 aromatic carbocycles. The Bertz CT molecular complexity index is 3440. The van der Waals surface area contributed by atoms with E-state index >= 15 is 0 Å². The van der Waals surface area contributed by atoms with Crippen LogP contribution in [0.5, 0.6) is 0 Å². The number of pyridine rings is 1. The van der Waals surface area contributed by atoms with Crippen LogP contribution in [-0.4, -0.2) is 24.1 Å². The summed E-state index contributed by atoms with van der Waals surface area (Å²) in [7, 11) is 0. The molecule has 54 heavy (non-hydrogen) atoms. The van der Waals surface area contributed by atoms with Crippen molar-refractivity contribution in [1.29, 1.82) is 0 Å². The van der Waals surface area contributed by atoms with E-state index < -0.39 is 0 Å². The molecule has 252 valence electrons. The van der Waals surface area contributed by atoms with E-state index in [4.69, 9.17) is 14.4 Å². The van der Waals surface area contributed by atoms with Crippen molar-refractivity contribution in [3.05, 3.63) is 170 Å². The van der Waals surface area contributed by atoms with Crippen molar-refractivity contribution in [2.45, 2.75) is 0 Å². The minimum atomic E-state index is 0.852. The molecule has 5 heterocycles. The monoisotopic (exact) mass is 691 g/mol. The molecule has 5 aromatic heterocycles. The van der Waals surface area contributed by atoms with Gasteiger partial charge in [0.25, 0.3) is 0 Å². The molecule has 0 amide bonds. The van der Waals surface area contributed by atoms with Gasteiger partial charge in [-0.3, -0.25) is 9.13 Å². The summed E-state index contributed by atoms with van der Waals surface area (Å²) in [6, 6.07) is 57.5. The second kappa shape index (κ2) is 11.0. The molecule has 0 saturated heterocycles. The van der Waals surface area contributed by atoms with Gasteiger partial charge >= 0.3 is 0 Å². The third-order valence-corrected chi connectivity index (χ3v) is 10.9. The molecule has 0 spiro atoms. The number of fused-ring (bicyclic) bond motifs is 11. The lowest BCUT2D eigenvalue weighted by atomic mass is 10.0. The molecular weight excluding hydrogens is 663 g/mol. The summed E-state index contributed by atoms with van der Waals surface area (Å²) >= 11 is 0. The lowest BCUT2D eigenvalue weighted by molar-refractivity contribution is 0.673. The Morgan fingerprint density at radius 1 is 0.519 bits per heavy atom. The highest BCUT2D eigenvalue weighted by atomic mass is 16.3. The predicted molar refractivity (Wildman–Crippen MR) is 221 cm³/mol. The molecule has 0 aliphatic heterocycles. The summed E-state index contributed by atoms with van der Waals surface area (Å²) in [4.78, 5) is 14.1. The fourth-order valence-electron chi connectivity index (χ4n) is 8.59. The quantitative estimate of drug-likeness (QED) is 0.200. The third kappa shape index (κ3) is 4.05. The fraction of sp³-hybridized carbons (Fsp3) is 0. The number of rotatable bonds is 4. The summed E-state index contributed by atoms with van der Waals surface area (Å²) < 4.78 is 11.1. The van der Waals surface area contributed by atoms with Crippen LogP contribution >= 0.6 is 0 Å². The molecule has 1 N–H and O–H groups in total. The molecular formula is C48H29N5O. The summed E-state index contributed by atoms with van der Waals surface area (Å²) in [6.07, 6.45) is 1.85. The average molecular weight is 692 g/mol. The van der Waals surface area contributed by atoms with Crippen molar-refractivity contribution >= 4 is 76.6 Å². The van der Waals surface area contributed by atoms with Gasteiger partial charge in [-0.25, -0.2) is 9.97 Å². The average Bonchev–Trinajstić information content (AvgIpc) is 4.00. The van der Waals surface area contributed by atoms with Crippen LogP contribution < -0.4 is 0 Å². The minimum Gasteiger partial charge on any atom is -0.455 e. The number of para-hydroxylation sites is 5. The van der Waals surface area contributed by atoms with E-state index in [1.165, 1.54) is 10.8 Å². The molecule has 0 saturated carbocycles. The lowest BCUT2D eigenvalue weighted by Gasteiger charge is -2.11. The van der Waals surface area contributed by atoms with Crippen molar-refractivity contribution in [3.63, 3.8) is 0 Å². The number of imidazole rings is 1. The van der Waals surface area contributed by atoms with Crippen LogP contribution in [0.1, 0.15) is 0 Å². The number of hydrogen-bond donors (Lipinski definition) is 1. The Balaban J connectivity index is 1.15. The van der Waals surface area contributed by atoms with Crippen LogP contribution in [0.15, 0.2) is 174 Å². The molecule has 0 aliphatic carbocycles. The smallest absolute Gasteiger partial charge is 0.147 e. The molecule has 0 atom stereocenters. The van der Waals surface area contributed by atoms with Crippen molar-refractivity contribution in [2.75, 3.05) is 0 Å². The van der Waals surface area contributed by atoms with Crippen molar-refractivity contribution < 1.29 is 4.42 Å². The Kier molecular flexibility index (Phi) is 5.96. The number of benzene rings is 7. The zero-order chi connectivity index (χ0) is 35.3. The van der Waals surface area contributed by atoms with Crippen LogP contribution in [0, 0.1) is 0 Å². The highest BCUT2D eigenvalue weighted by molar-refractivity contribution is 6.24. The molecule has 6 nitrogen and oxygen atoms in total. The standard InChI is InChI=1S/C48H29N5O/c1-2-12-30(13-3-1)52-40-20-11-16-31(46(40)51-48(52)37-18-10-17-34-32-14-4-6-19-38(32)50-45(34)37)29-23-24-36-41(28-29)53(43-22-8-9-27-49-43)39-26-25-35-33-15-5-7-21-42(33)54-47(35)44(36)39/h1-28,50H. The molecule has 0 fully saturated rings. The molecule has 0 bridgehead atoms. The molecule has 0 radical (unpaired) electrons. The first kappa shape index (κ1) is 29.2. The second-order valence-corrected chi connectivity index (χ2v) is 13.9. The molecule has 0 unspecified atom stereocenters. The van der Waals surface area contributed by atoms with Gasteiger partial charge in [-0.15, -0.1) is 0 Å². The first-order chi connectivity index (χ1) is 26.8. The zero-order valence-corrected chi connectivity index (χ0v) is 28.9. The molecule has 0 aliphatic rings.